The largest absolute Gasteiger partial charge is 0.508 e. The maximum absolute atomic E-state index is 10.5. The lowest BCUT2D eigenvalue weighted by molar-refractivity contribution is 0.449. The van der Waals surface area contributed by atoms with Gasteiger partial charge in [0.1, 0.15) is 23.0 Å². The number of rotatable bonds is 4. The second-order valence-corrected chi connectivity index (χ2v) is 7.18. The number of aromatic hydroxyl groups is 4. The average molecular weight is 423 g/mol. The van der Waals surface area contributed by atoms with Crippen LogP contribution >= 0.6 is 0 Å². The summed E-state index contributed by atoms with van der Waals surface area (Å²) >= 11 is 0. The van der Waals surface area contributed by atoms with E-state index in [1.54, 1.807) is 24.0 Å². The van der Waals surface area contributed by atoms with Gasteiger partial charge in [0.25, 0.3) is 0 Å². The van der Waals surface area contributed by atoms with Crippen molar-refractivity contribution in [1.29, 1.82) is 0 Å². The zero-order chi connectivity index (χ0) is 22.7. The number of hydrogen-bond acceptors (Lipinski definition) is 5. The fourth-order valence-corrected chi connectivity index (χ4v) is 3.50. The molecule has 0 aromatic heterocycles. The van der Waals surface area contributed by atoms with Crippen LogP contribution in [0.5, 0.6) is 23.0 Å². The fourth-order valence-electron chi connectivity index (χ4n) is 3.50. The van der Waals surface area contributed by atoms with Crippen molar-refractivity contribution < 1.29 is 20.4 Å². The minimum absolute atomic E-state index is 0.0762. The van der Waals surface area contributed by atoms with Crippen molar-refractivity contribution in [2.75, 3.05) is 4.90 Å². The molecule has 5 nitrogen and oxygen atoms in total. The van der Waals surface area contributed by atoms with Crippen LogP contribution in [0.1, 0.15) is 12.5 Å². The Hall–Kier alpha value is -4.56. The Morgan fingerprint density at radius 2 is 1.06 bits per heavy atom. The lowest BCUT2D eigenvalue weighted by atomic mass is 10.0. The molecule has 4 N–H and O–H groups in total. The van der Waals surface area contributed by atoms with E-state index in [0.29, 0.717) is 17.1 Å². The SMILES string of the molecule is CC#Cc1ccc(-c2ccc(N(c3ccc(O)cc3O)c3ccc(O)cc3O)cc2)cc1. The minimum atomic E-state index is -0.158. The van der Waals surface area contributed by atoms with Gasteiger partial charge in [-0.15, -0.1) is 5.92 Å². The molecule has 0 atom stereocenters. The molecular weight excluding hydrogens is 402 g/mol. The molecule has 4 rings (SSSR count). The number of anilines is 3. The van der Waals surface area contributed by atoms with E-state index in [0.717, 1.165) is 16.7 Å². The molecule has 0 saturated heterocycles. The Bertz CT molecular complexity index is 1270. The molecule has 158 valence electrons. The molecule has 0 amide bonds. The molecule has 0 radical (unpaired) electrons. The fraction of sp³-hybridized carbons (Fsp3) is 0.0370. The maximum Gasteiger partial charge on any atom is 0.143 e. The smallest absolute Gasteiger partial charge is 0.143 e. The molecule has 0 saturated carbocycles. The molecule has 5 heteroatoms. The summed E-state index contributed by atoms with van der Waals surface area (Å²) in [4.78, 5) is 1.65. The predicted molar refractivity (Wildman–Crippen MR) is 126 cm³/mol. The number of phenolic OH excluding ortho intramolecular Hbond substituents is 4. The van der Waals surface area contributed by atoms with Crippen LogP contribution in [0, 0.1) is 11.8 Å². The summed E-state index contributed by atoms with van der Waals surface area (Å²) in [7, 11) is 0. The first-order valence-electron chi connectivity index (χ1n) is 9.93. The maximum atomic E-state index is 10.5. The van der Waals surface area contributed by atoms with Crippen LogP contribution in [0.3, 0.4) is 0 Å². The van der Waals surface area contributed by atoms with E-state index in [1.807, 2.05) is 48.5 Å². The van der Waals surface area contributed by atoms with E-state index in [1.165, 1.54) is 24.3 Å². The van der Waals surface area contributed by atoms with Gasteiger partial charge in [-0.05, 0) is 66.6 Å². The third-order valence-electron chi connectivity index (χ3n) is 5.01. The first kappa shape index (κ1) is 20.7. The van der Waals surface area contributed by atoms with Crippen LogP contribution in [0.15, 0.2) is 84.9 Å². The van der Waals surface area contributed by atoms with Crippen LogP contribution in [-0.2, 0) is 0 Å². The zero-order valence-electron chi connectivity index (χ0n) is 17.3. The van der Waals surface area contributed by atoms with E-state index >= 15 is 0 Å². The normalized spacial score (nSPS) is 10.3. The van der Waals surface area contributed by atoms with Gasteiger partial charge < -0.3 is 25.3 Å². The van der Waals surface area contributed by atoms with Gasteiger partial charge in [-0.25, -0.2) is 0 Å². The second kappa shape index (κ2) is 8.66. The third-order valence-corrected chi connectivity index (χ3v) is 5.01. The molecule has 0 heterocycles. The Labute approximate surface area is 186 Å². The van der Waals surface area contributed by atoms with E-state index in [9.17, 15) is 20.4 Å². The van der Waals surface area contributed by atoms with Crippen molar-refractivity contribution in [3.05, 3.63) is 90.5 Å². The number of nitrogens with zero attached hydrogens (tertiary/aromatic N) is 1. The van der Waals surface area contributed by atoms with Crippen LogP contribution in [-0.4, -0.2) is 20.4 Å². The van der Waals surface area contributed by atoms with Crippen molar-refractivity contribution >= 4 is 17.1 Å². The predicted octanol–water partition coefficient (Wildman–Crippen LogP) is 6.02. The van der Waals surface area contributed by atoms with Crippen LogP contribution in [0.25, 0.3) is 11.1 Å². The third kappa shape index (κ3) is 4.16. The molecule has 0 spiro atoms. The van der Waals surface area contributed by atoms with Gasteiger partial charge in [-0.2, -0.15) is 0 Å². The van der Waals surface area contributed by atoms with E-state index in [2.05, 4.69) is 11.8 Å². The van der Waals surface area contributed by atoms with Gasteiger partial charge in [-0.3, -0.25) is 0 Å². The van der Waals surface area contributed by atoms with Crippen molar-refractivity contribution in [1.82, 2.24) is 0 Å². The van der Waals surface area contributed by atoms with E-state index in [4.69, 9.17) is 0 Å². The molecule has 0 aliphatic heterocycles. The zero-order valence-corrected chi connectivity index (χ0v) is 17.3. The highest BCUT2D eigenvalue weighted by molar-refractivity contribution is 5.84. The van der Waals surface area contributed by atoms with E-state index < -0.39 is 0 Å². The summed E-state index contributed by atoms with van der Waals surface area (Å²) in [5.41, 5.74) is 4.37. The number of hydrogen-bond donors (Lipinski definition) is 4. The van der Waals surface area contributed by atoms with Crippen molar-refractivity contribution in [2.24, 2.45) is 0 Å². The highest BCUT2D eigenvalue weighted by Crippen LogP contribution is 2.45. The van der Waals surface area contributed by atoms with E-state index in [-0.39, 0.29) is 23.0 Å². The summed E-state index contributed by atoms with van der Waals surface area (Å²) in [5, 5.41) is 40.4. The number of benzene rings is 4. The van der Waals surface area contributed by atoms with Crippen molar-refractivity contribution in [3.8, 4) is 46.0 Å². The van der Waals surface area contributed by atoms with Crippen LogP contribution < -0.4 is 4.90 Å². The highest BCUT2D eigenvalue weighted by Gasteiger charge is 2.19. The standard InChI is InChI=1S/C27H21NO4/c1-2-3-18-4-6-19(7-5-18)20-8-10-21(11-9-20)28(24-14-12-22(29)16-26(24)31)25-15-13-23(30)17-27(25)32/h4-17,29-32H,1H3. The molecule has 4 aromatic rings. The monoisotopic (exact) mass is 423 g/mol. The molecule has 0 unspecified atom stereocenters. The topological polar surface area (TPSA) is 84.2 Å². The van der Waals surface area contributed by atoms with Crippen LogP contribution in [0.2, 0.25) is 0 Å². The highest BCUT2D eigenvalue weighted by atomic mass is 16.3. The summed E-state index contributed by atoms with van der Waals surface area (Å²) in [6.07, 6.45) is 0. The molecule has 32 heavy (non-hydrogen) atoms. The van der Waals surface area contributed by atoms with Crippen LogP contribution in [0.4, 0.5) is 17.1 Å². The van der Waals surface area contributed by atoms with Gasteiger partial charge in [0.05, 0.1) is 11.4 Å². The first-order valence-corrected chi connectivity index (χ1v) is 9.93. The molecule has 0 bridgehead atoms. The average Bonchev–Trinajstić information content (AvgIpc) is 2.78. The van der Waals surface area contributed by atoms with Gasteiger partial charge in [-0.1, -0.05) is 30.2 Å². The summed E-state index contributed by atoms with van der Waals surface area (Å²) in [6, 6.07) is 24.0. The van der Waals surface area contributed by atoms with Gasteiger partial charge >= 0.3 is 0 Å². The molecular formula is C27H21NO4. The molecule has 0 fully saturated rings. The Balaban J connectivity index is 1.78. The molecule has 0 aliphatic carbocycles. The van der Waals surface area contributed by atoms with Gasteiger partial charge in [0.2, 0.25) is 0 Å². The van der Waals surface area contributed by atoms with Crippen molar-refractivity contribution in [2.45, 2.75) is 6.92 Å². The summed E-state index contributed by atoms with van der Waals surface area (Å²) < 4.78 is 0. The summed E-state index contributed by atoms with van der Waals surface area (Å²) in [6.45, 7) is 1.80. The second-order valence-electron chi connectivity index (χ2n) is 7.18. The lowest BCUT2D eigenvalue weighted by Crippen LogP contribution is -2.10. The molecule has 4 aromatic carbocycles. The minimum Gasteiger partial charge on any atom is -0.508 e. The quantitative estimate of drug-likeness (QED) is 0.302. The lowest BCUT2D eigenvalue weighted by Gasteiger charge is -2.27. The number of phenols is 4. The Kier molecular flexibility index (Phi) is 5.61. The first-order chi connectivity index (χ1) is 15.5. The van der Waals surface area contributed by atoms with Gasteiger partial charge in [0.15, 0.2) is 0 Å². The Morgan fingerprint density at radius 3 is 1.50 bits per heavy atom. The Morgan fingerprint density at radius 1 is 0.594 bits per heavy atom. The van der Waals surface area contributed by atoms with Gasteiger partial charge in [0, 0.05) is 23.4 Å². The molecule has 0 aliphatic rings. The van der Waals surface area contributed by atoms with Crippen molar-refractivity contribution in [3.63, 3.8) is 0 Å². The summed E-state index contributed by atoms with van der Waals surface area (Å²) in [5.74, 6) is 5.44.